The summed E-state index contributed by atoms with van der Waals surface area (Å²) in [7, 11) is 1.77. The topological polar surface area (TPSA) is 9.23 Å². The maximum absolute atomic E-state index is 5.49. The summed E-state index contributed by atoms with van der Waals surface area (Å²) < 4.78 is 5.49. The molecule has 1 aliphatic carbocycles. The minimum absolute atomic E-state index is 0.693. The summed E-state index contributed by atoms with van der Waals surface area (Å²) in [6.07, 6.45) is 8.74. The molecule has 0 bridgehead atoms. The van der Waals surface area contributed by atoms with Crippen LogP contribution in [0.2, 0.25) is 0 Å². The van der Waals surface area contributed by atoms with Gasteiger partial charge in [0, 0.05) is 0 Å². The second-order valence-corrected chi connectivity index (χ2v) is 7.68. The van der Waals surface area contributed by atoms with Gasteiger partial charge in [0.25, 0.3) is 0 Å². The smallest absolute Gasteiger partial charge is 0.122 e. The van der Waals surface area contributed by atoms with E-state index < -0.39 is 0 Å². The Morgan fingerprint density at radius 2 is 1.84 bits per heavy atom. The Morgan fingerprint density at radius 1 is 1.04 bits per heavy atom. The van der Waals surface area contributed by atoms with Crippen LogP contribution in [0.3, 0.4) is 0 Å². The fourth-order valence-electron chi connectivity index (χ4n) is 4.30. The fraction of sp³-hybridized carbons (Fsp3) is 0.500. The van der Waals surface area contributed by atoms with E-state index in [1.807, 2.05) is 6.07 Å². The largest absolute Gasteiger partial charge is 0.496 e. The number of para-hydroxylation sites is 1. The van der Waals surface area contributed by atoms with Crippen LogP contribution < -0.4 is 4.74 Å². The number of hydrogen-bond acceptors (Lipinski definition) is 1. The zero-order valence-corrected chi connectivity index (χ0v) is 16.1. The highest BCUT2D eigenvalue weighted by molar-refractivity contribution is 5.37. The van der Waals surface area contributed by atoms with Crippen molar-refractivity contribution in [1.29, 1.82) is 0 Å². The third-order valence-electron chi connectivity index (χ3n) is 5.87. The SMILES string of the molecule is CCC(CC(C)CCc1ccccc1OC)c1ccc2c(c1)CCC2. The van der Waals surface area contributed by atoms with E-state index in [0.29, 0.717) is 5.92 Å². The van der Waals surface area contributed by atoms with Gasteiger partial charge in [-0.1, -0.05) is 50.2 Å². The number of methoxy groups -OCH3 is 1. The van der Waals surface area contributed by atoms with Crippen molar-refractivity contribution in [3.8, 4) is 5.75 Å². The van der Waals surface area contributed by atoms with E-state index in [0.717, 1.165) is 18.1 Å². The molecule has 0 heterocycles. The van der Waals surface area contributed by atoms with E-state index in [1.165, 1.54) is 44.1 Å². The van der Waals surface area contributed by atoms with Gasteiger partial charge < -0.3 is 4.74 Å². The molecule has 0 saturated carbocycles. The molecule has 1 nitrogen and oxygen atoms in total. The van der Waals surface area contributed by atoms with Crippen molar-refractivity contribution in [2.75, 3.05) is 7.11 Å². The zero-order valence-electron chi connectivity index (χ0n) is 16.1. The predicted octanol–water partition coefficient (Wildman–Crippen LogP) is 6.34. The number of fused-ring (bicyclic) bond motifs is 1. The quantitative estimate of drug-likeness (QED) is 0.547. The van der Waals surface area contributed by atoms with Crippen molar-refractivity contribution in [3.05, 3.63) is 64.7 Å². The Kier molecular flexibility index (Phi) is 6.18. The predicted molar refractivity (Wildman–Crippen MR) is 107 cm³/mol. The van der Waals surface area contributed by atoms with E-state index in [4.69, 9.17) is 4.74 Å². The number of rotatable bonds is 8. The summed E-state index contributed by atoms with van der Waals surface area (Å²) in [5.74, 6) is 2.45. The van der Waals surface area contributed by atoms with Gasteiger partial charge in [0.15, 0.2) is 0 Å². The molecule has 2 atom stereocenters. The van der Waals surface area contributed by atoms with Crippen LogP contribution in [0.4, 0.5) is 0 Å². The molecular weight excluding hydrogens is 304 g/mol. The minimum atomic E-state index is 0.693. The molecule has 0 saturated heterocycles. The first-order valence-electron chi connectivity index (χ1n) is 9.94. The van der Waals surface area contributed by atoms with E-state index in [2.05, 4.69) is 50.2 Å². The third kappa shape index (κ3) is 4.45. The number of aryl methyl sites for hydroxylation is 3. The minimum Gasteiger partial charge on any atom is -0.496 e. The Balaban J connectivity index is 1.59. The van der Waals surface area contributed by atoms with Crippen LogP contribution in [0.5, 0.6) is 5.75 Å². The molecule has 1 aliphatic rings. The lowest BCUT2D eigenvalue weighted by Crippen LogP contribution is -2.07. The van der Waals surface area contributed by atoms with Gasteiger partial charge in [0.2, 0.25) is 0 Å². The maximum Gasteiger partial charge on any atom is 0.122 e. The van der Waals surface area contributed by atoms with Crippen LogP contribution in [0.15, 0.2) is 42.5 Å². The van der Waals surface area contributed by atoms with Crippen molar-refractivity contribution in [2.45, 2.75) is 64.7 Å². The second kappa shape index (κ2) is 8.56. The van der Waals surface area contributed by atoms with Gasteiger partial charge in [0.1, 0.15) is 5.75 Å². The molecule has 0 spiro atoms. The van der Waals surface area contributed by atoms with Crippen molar-refractivity contribution in [2.24, 2.45) is 5.92 Å². The Labute approximate surface area is 153 Å². The molecule has 2 aromatic carbocycles. The van der Waals surface area contributed by atoms with Gasteiger partial charge in [-0.3, -0.25) is 0 Å². The lowest BCUT2D eigenvalue weighted by atomic mass is 9.84. The molecule has 0 N–H and O–H groups in total. The first-order valence-corrected chi connectivity index (χ1v) is 9.94. The monoisotopic (exact) mass is 336 g/mol. The molecule has 0 radical (unpaired) electrons. The van der Waals surface area contributed by atoms with E-state index in [-0.39, 0.29) is 0 Å². The molecule has 2 aromatic rings. The van der Waals surface area contributed by atoms with Gasteiger partial charge in [0.05, 0.1) is 7.11 Å². The molecule has 0 aliphatic heterocycles. The van der Waals surface area contributed by atoms with Crippen molar-refractivity contribution in [3.63, 3.8) is 0 Å². The molecule has 0 fully saturated rings. The molecular formula is C24H32O. The molecule has 1 heteroatoms. The molecule has 0 amide bonds. The molecule has 3 rings (SSSR count). The van der Waals surface area contributed by atoms with E-state index in [1.54, 1.807) is 23.8 Å². The normalized spacial score (nSPS) is 15.6. The lowest BCUT2D eigenvalue weighted by Gasteiger charge is -2.21. The summed E-state index contributed by atoms with van der Waals surface area (Å²) in [6, 6.07) is 15.7. The Hall–Kier alpha value is -1.76. The van der Waals surface area contributed by atoms with Crippen molar-refractivity contribution < 1.29 is 4.74 Å². The van der Waals surface area contributed by atoms with Crippen LogP contribution in [0.25, 0.3) is 0 Å². The highest BCUT2D eigenvalue weighted by Crippen LogP contribution is 2.33. The highest BCUT2D eigenvalue weighted by atomic mass is 16.5. The average molecular weight is 337 g/mol. The van der Waals surface area contributed by atoms with Crippen LogP contribution in [-0.2, 0) is 19.3 Å². The molecule has 25 heavy (non-hydrogen) atoms. The van der Waals surface area contributed by atoms with Crippen molar-refractivity contribution >= 4 is 0 Å². The van der Waals surface area contributed by atoms with Gasteiger partial charge in [-0.05, 0) is 85.1 Å². The summed E-state index contributed by atoms with van der Waals surface area (Å²) in [6.45, 7) is 4.75. The van der Waals surface area contributed by atoms with Crippen LogP contribution >= 0.6 is 0 Å². The summed E-state index contributed by atoms with van der Waals surface area (Å²) in [4.78, 5) is 0. The second-order valence-electron chi connectivity index (χ2n) is 7.68. The van der Waals surface area contributed by atoms with Crippen LogP contribution in [0.1, 0.15) is 67.7 Å². The van der Waals surface area contributed by atoms with Gasteiger partial charge in [-0.2, -0.15) is 0 Å². The lowest BCUT2D eigenvalue weighted by molar-refractivity contribution is 0.400. The maximum atomic E-state index is 5.49. The summed E-state index contributed by atoms with van der Waals surface area (Å²) >= 11 is 0. The summed E-state index contributed by atoms with van der Waals surface area (Å²) in [5, 5.41) is 0. The van der Waals surface area contributed by atoms with E-state index >= 15 is 0 Å². The Bertz CT molecular complexity index is 688. The third-order valence-corrected chi connectivity index (χ3v) is 5.87. The number of hydrogen-bond donors (Lipinski definition) is 0. The van der Waals surface area contributed by atoms with Gasteiger partial charge >= 0.3 is 0 Å². The standard InChI is InChI=1S/C24H32O/c1-4-19(23-15-14-20-9-7-10-22(20)17-23)16-18(2)12-13-21-8-5-6-11-24(21)25-3/h5-6,8,11,14-15,17-19H,4,7,9-10,12-13,16H2,1-3H3. The zero-order chi connectivity index (χ0) is 17.6. The van der Waals surface area contributed by atoms with Crippen molar-refractivity contribution in [1.82, 2.24) is 0 Å². The van der Waals surface area contributed by atoms with Gasteiger partial charge in [-0.25, -0.2) is 0 Å². The summed E-state index contributed by atoms with van der Waals surface area (Å²) in [5.41, 5.74) is 6.09. The number of benzene rings is 2. The average Bonchev–Trinajstić information content (AvgIpc) is 3.12. The Morgan fingerprint density at radius 3 is 2.64 bits per heavy atom. The fourth-order valence-corrected chi connectivity index (χ4v) is 4.30. The first-order chi connectivity index (χ1) is 12.2. The molecule has 134 valence electrons. The first kappa shape index (κ1) is 18.0. The van der Waals surface area contributed by atoms with Gasteiger partial charge in [-0.15, -0.1) is 0 Å². The van der Waals surface area contributed by atoms with Crippen LogP contribution in [-0.4, -0.2) is 7.11 Å². The molecule has 0 aromatic heterocycles. The van der Waals surface area contributed by atoms with E-state index in [9.17, 15) is 0 Å². The van der Waals surface area contributed by atoms with Crippen LogP contribution in [0, 0.1) is 5.92 Å². The number of ether oxygens (including phenoxy) is 1. The molecule has 2 unspecified atom stereocenters. The highest BCUT2D eigenvalue weighted by Gasteiger charge is 2.17.